The molecule has 9 heteroatoms. The summed E-state index contributed by atoms with van der Waals surface area (Å²) in [6.45, 7) is -0.497. The second kappa shape index (κ2) is 7.12. The van der Waals surface area contributed by atoms with Crippen LogP contribution in [0.4, 0.5) is 24.8 Å². The van der Waals surface area contributed by atoms with Gasteiger partial charge in [-0.2, -0.15) is 13.2 Å². The molecule has 0 bridgehead atoms. The largest absolute Gasteiger partial charge is 0.401 e. The van der Waals surface area contributed by atoms with Gasteiger partial charge in [0.1, 0.15) is 0 Å². The normalized spacial score (nSPS) is 19.4. The second-order valence-corrected chi connectivity index (χ2v) is 5.84. The van der Waals surface area contributed by atoms with Crippen molar-refractivity contribution in [1.82, 2.24) is 14.9 Å². The van der Waals surface area contributed by atoms with Crippen LogP contribution in [0.25, 0.3) is 0 Å². The predicted octanol–water partition coefficient (Wildman–Crippen LogP) is 1.76. The Labute approximate surface area is 132 Å². The Morgan fingerprint density at radius 3 is 2.61 bits per heavy atom. The molecule has 1 aliphatic rings. The van der Waals surface area contributed by atoms with Crippen molar-refractivity contribution >= 4 is 17.5 Å². The maximum atomic E-state index is 12.5. The van der Waals surface area contributed by atoms with Crippen molar-refractivity contribution in [2.75, 3.05) is 43.9 Å². The molecule has 1 saturated heterocycles. The van der Waals surface area contributed by atoms with Gasteiger partial charge in [-0.25, -0.2) is 9.97 Å². The molecule has 1 aromatic rings. The van der Waals surface area contributed by atoms with Crippen LogP contribution in [-0.4, -0.2) is 60.7 Å². The van der Waals surface area contributed by atoms with Gasteiger partial charge < -0.3 is 10.2 Å². The van der Waals surface area contributed by atoms with Crippen molar-refractivity contribution in [3.63, 3.8) is 0 Å². The van der Waals surface area contributed by atoms with Gasteiger partial charge in [0.2, 0.25) is 11.9 Å². The predicted molar refractivity (Wildman–Crippen MR) is 80.2 cm³/mol. The van der Waals surface area contributed by atoms with Crippen molar-refractivity contribution in [2.24, 2.45) is 5.92 Å². The van der Waals surface area contributed by atoms with E-state index in [4.69, 9.17) is 0 Å². The van der Waals surface area contributed by atoms with Crippen LogP contribution in [0.15, 0.2) is 12.4 Å². The summed E-state index contributed by atoms with van der Waals surface area (Å²) in [5.74, 6) is -0.241. The first kappa shape index (κ1) is 17.5. The molecule has 1 aromatic heterocycles. The zero-order valence-corrected chi connectivity index (χ0v) is 13.1. The first-order valence-electron chi connectivity index (χ1n) is 7.34. The molecule has 0 unspecified atom stereocenters. The van der Waals surface area contributed by atoms with Gasteiger partial charge >= 0.3 is 6.18 Å². The lowest BCUT2D eigenvalue weighted by atomic mass is 9.97. The highest BCUT2D eigenvalue weighted by Gasteiger charge is 2.34. The molecule has 1 N–H and O–H groups in total. The summed E-state index contributed by atoms with van der Waals surface area (Å²) in [6.07, 6.45) is -0.123. The third-order valence-electron chi connectivity index (χ3n) is 3.58. The molecule has 0 saturated carbocycles. The van der Waals surface area contributed by atoms with Crippen LogP contribution in [-0.2, 0) is 4.79 Å². The van der Waals surface area contributed by atoms with Crippen molar-refractivity contribution in [3.8, 4) is 0 Å². The minimum Gasteiger partial charge on any atom is -0.347 e. The Bertz CT molecular complexity index is 532. The average molecular weight is 331 g/mol. The van der Waals surface area contributed by atoms with Gasteiger partial charge in [-0.3, -0.25) is 9.69 Å². The van der Waals surface area contributed by atoms with Crippen molar-refractivity contribution < 1.29 is 18.0 Å². The molecule has 0 aliphatic carbocycles. The number of hydrogen-bond acceptors (Lipinski definition) is 5. The van der Waals surface area contributed by atoms with Gasteiger partial charge in [0.15, 0.2) is 0 Å². The van der Waals surface area contributed by atoms with E-state index in [1.807, 2.05) is 0 Å². The molecule has 6 nitrogen and oxygen atoms in total. The number of carbonyl (C=O) groups excluding carboxylic acids is 1. The van der Waals surface area contributed by atoms with E-state index in [0.717, 1.165) is 0 Å². The zero-order valence-electron chi connectivity index (χ0n) is 13.1. The third kappa shape index (κ3) is 5.34. The summed E-state index contributed by atoms with van der Waals surface area (Å²) in [5.41, 5.74) is 0.438. The van der Waals surface area contributed by atoms with Crippen LogP contribution in [0.2, 0.25) is 0 Å². The first-order valence-corrected chi connectivity index (χ1v) is 7.34. The number of nitrogens with one attached hydrogen (secondary N) is 1. The standard InChI is InChI=1S/C14H20F3N5O/c1-21(2)13-18-6-11(7-19-13)20-12(23)10-4-3-5-22(8-10)9-14(15,16)17/h6-7,10H,3-5,8-9H2,1-2H3,(H,20,23)/t10-/m0/s1. The Hall–Kier alpha value is -1.90. The SMILES string of the molecule is CN(C)c1ncc(NC(=O)[C@H]2CCCN(CC(F)(F)F)C2)cn1. The lowest BCUT2D eigenvalue weighted by molar-refractivity contribution is -0.151. The highest BCUT2D eigenvalue weighted by atomic mass is 19.4. The number of rotatable bonds is 4. The number of anilines is 2. The number of aromatic nitrogens is 2. The first-order chi connectivity index (χ1) is 10.7. The molecule has 2 rings (SSSR count). The second-order valence-electron chi connectivity index (χ2n) is 5.84. The van der Waals surface area contributed by atoms with E-state index in [1.54, 1.807) is 19.0 Å². The van der Waals surface area contributed by atoms with E-state index in [2.05, 4.69) is 15.3 Å². The third-order valence-corrected chi connectivity index (χ3v) is 3.58. The van der Waals surface area contributed by atoms with E-state index < -0.39 is 18.6 Å². The van der Waals surface area contributed by atoms with Gasteiger partial charge in [0, 0.05) is 20.6 Å². The minimum absolute atomic E-state index is 0.113. The molecule has 0 radical (unpaired) electrons. The number of carbonyl (C=O) groups is 1. The fourth-order valence-electron chi connectivity index (χ4n) is 2.53. The van der Waals surface area contributed by atoms with Gasteiger partial charge in [-0.05, 0) is 19.4 Å². The molecular weight excluding hydrogens is 311 g/mol. The lowest BCUT2D eigenvalue weighted by Crippen LogP contribution is -2.44. The number of alkyl halides is 3. The number of likely N-dealkylation sites (tertiary alicyclic amines) is 1. The highest BCUT2D eigenvalue weighted by molar-refractivity contribution is 5.92. The van der Waals surface area contributed by atoms with Crippen molar-refractivity contribution in [3.05, 3.63) is 12.4 Å². The van der Waals surface area contributed by atoms with Crippen LogP contribution in [0.3, 0.4) is 0 Å². The molecule has 128 valence electrons. The van der Waals surface area contributed by atoms with Crippen molar-refractivity contribution in [2.45, 2.75) is 19.0 Å². The summed E-state index contributed by atoms with van der Waals surface area (Å²) in [6, 6.07) is 0. The maximum absolute atomic E-state index is 12.5. The van der Waals surface area contributed by atoms with E-state index in [0.29, 0.717) is 31.0 Å². The molecule has 1 fully saturated rings. The molecule has 1 atom stereocenters. The monoisotopic (exact) mass is 331 g/mol. The summed E-state index contributed by atoms with van der Waals surface area (Å²) in [4.78, 5) is 23.4. The van der Waals surface area contributed by atoms with E-state index in [9.17, 15) is 18.0 Å². The minimum atomic E-state index is -4.24. The van der Waals surface area contributed by atoms with Gasteiger partial charge in [-0.15, -0.1) is 0 Å². The Kier molecular flexibility index (Phi) is 5.40. The van der Waals surface area contributed by atoms with E-state index in [1.165, 1.54) is 17.3 Å². The van der Waals surface area contributed by atoms with Crippen LogP contribution in [0.1, 0.15) is 12.8 Å². The smallest absolute Gasteiger partial charge is 0.347 e. The molecule has 0 spiro atoms. The van der Waals surface area contributed by atoms with Crippen LogP contribution in [0.5, 0.6) is 0 Å². The average Bonchev–Trinajstić information content (AvgIpc) is 2.46. The molecule has 1 aliphatic heterocycles. The van der Waals surface area contributed by atoms with Crippen LogP contribution < -0.4 is 10.2 Å². The molecular formula is C14H20F3N5O. The van der Waals surface area contributed by atoms with Crippen LogP contribution >= 0.6 is 0 Å². The molecule has 0 aromatic carbocycles. The number of hydrogen-bond donors (Lipinski definition) is 1. The number of piperidine rings is 1. The quantitative estimate of drug-likeness (QED) is 0.911. The Morgan fingerprint density at radius 2 is 2.04 bits per heavy atom. The molecule has 1 amide bonds. The summed E-state index contributed by atoms with van der Waals surface area (Å²) < 4.78 is 37.4. The van der Waals surface area contributed by atoms with Gasteiger partial charge in [0.05, 0.1) is 30.5 Å². The number of amides is 1. The fraction of sp³-hybridized carbons (Fsp3) is 0.643. The highest BCUT2D eigenvalue weighted by Crippen LogP contribution is 2.23. The van der Waals surface area contributed by atoms with E-state index >= 15 is 0 Å². The Morgan fingerprint density at radius 1 is 1.39 bits per heavy atom. The Balaban J connectivity index is 1.92. The molecule has 23 heavy (non-hydrogen) atoms. The number of halogens is 3. The summed E-state index contributed by atoms with van der Waals surface area (Å²) in [5, 5.41) is 2.67. The zero-order chi connectivity index (χ0) is 17.0. The maximum Gasteiger partial charge on any atom is 0.401 e. The van der Waals surface area contributed by atoms with Crippen LogP contribution in [0, 0.1) is 5.92 Å². The lowest BCUT2D eigenvalue weighted by Gasteiger charge is -2.32. The van der Waals surface area contributed by atoms with Gasteiger partial charge in [-0.1, -0.05) is 0 Å². The van der Waals surface area contributed by atoms with E-state index in [-0.39, 0.29) is 12.5 Å². The van der Waals surface area contributed by atoms with Crippen molar-refractivity contribution in [1.29, 1.82) is 0 Å². The summed E-state index contributed by atoms with van der Waals surface area (Å²) in [7, 11) is 3.59. The summed E-state index contributed by atoms with van der Waals surface area (Å²) >= 11 is 0. The fourth-order valence-corrected chi connectivity index (χ4v) is 2.53. The molecule has 2 heterocycles. The topological polar surface area (TPSA) is 61.4 Å². The number of nitrogens with zero attached hydrogens (tertiary/aromatic N) is 4. The van der Waals surface area contributed by atoms with Gasteiger partial charge in [0.25, 0.3) is 0 Å².